The van der Waals surface area contributed by atoms with Crippen molar-refractivity contribution in [3.05, 3.63) is 54.6 Å². The highest BCUT2D eigenvalue weighted by molar-refractivity contribution is 7.18. The zero-order valence-electron chi connectivity index (χ0n) is 21.6. The zero-order chi connectivity index (χ0) is 26.5. The van der Waals surface area contributed by atoms with Crippen LogP contribution in [-0.4, -0.2) is 75.8 Å². The Labute approximate surface area is 225 Å². The van der Waals surface area contributed by atoms with Gasteiger partial charge in [0.2, 0.25) is 5.13 Å². The van der Waals surface area contributed by atoms with Crippen LogP contribution in [0.3, 0.4) is 0 Å². The predicted molar refractivity (Wildman–Crippen MR) is 147 cm³/mol. The molecular weight excluding hydrogens is 504 g/mol. The number of rotatable bonds is 7. The number of carbonyl (C=O) groups excluding carboxylic acids is 1. The molecule has 0 atom stereocenters. The van der Waals surface area contributed by atoms with Crippen molar-refractivity contribution < 1.29 is 14.3 Å². The molecular formula is C26H30N8O3S. The first-order chi connectivity index (χ1) is 18.5. The SMILES string of the molecule is CCOc1cc(N2CCCN(C(=O)Nc3nnc(-c4ccc(OC)cc4)s3)CC2)ccc1-n1cnc(C)n1. The average molecular weight is 535 g/mol. The predicted octanol–water partition coefficient (Wildman–Crippen LogP) is 4.25. The lowest BCUT2D eigenvalue weighted by Gasteiger charge is -2.24. The van der Waals surface area contributed by atoms with E-state index in [4.69, 9.17) is 9.47 Å². The zero-order valence-corrected chi connectivity index (χ0v) is 22.4. The summed E-state index contributed by atoms with van der Waals surface area (Å²) in [5.41, 5.74) is 2.81. The Hall–Kier alpha value is -4.19. The number of methoxy groups -OCH3 is 1. The molecule has 2 aromatic heterocycles. The standard InChI is InChI=1S/C26H30N8O3S/c1-4-37-23-16-20(8-11-22(23)34-17-27-18(2)31-34)32-12-5-13-33(15-14-32)26(35)28-25-30-29-24(38-25)19-6-9-21(36-3)10-7-19/h6-11,16-17H,4-5,12-15H2,1-3H3,(H,28,30,35). The number of hydrogen-bond donors (Lipinski definition) is 1. The molecule has 1 saturated heterocycles. The number of benzene rings is 2. The fraction of sp³-hybridized carbons (Fsp3) is 0.346. The van der Waals surface area contributed by atoms with Crippen LogP contribution in [0.5, 0.6) is 11.5 Å². The Bertz CT molecular complexity index is 1390. The van der Waals surface area contributed by atoms with Crippen LogP contribution < -0.4 is 19.7 Å². The second kappa shape index (κ2) is 11.5. The van der Waals surface area contributed by atoms with E-state index < -0.39 is 0 Å². The molecule has 1 aliphatic heterocycles. The van der Waals surface area contributed by atoms with Crippen molar-refractivity contribution in [3.63, 3.8) is 0 Å². The summed E-state index contributed by atoms with van der Waals surface area (Å²) < 4.78 is 12.9. The van der Waals surface area contributed by atoms with Gasteiger partial charge in [0.1, 0.15) is 34.3 Å². The monoisotopic (exact) mass is 534 g/mol. The molecule has 1 N–H and O–H groups in total. The van der Waals surface area contributed by atoms with Crippen molar-refractivity contribution in [3.8, 4) is 27.8 Å². The second-order valence-electron chi connectivity index (χ2n) is 8.72. The van der Waals surface area contributed by atoms with E-state index >= 15 is 0 Å². The van der Waals surface area contributed by atoms with Crippen molar-refractivity contribution in [2.45, 2.75) is 20.3 Å². The lowest BCUT2D eigenvalue weighted by atomic mass is 10.2. The van der Waals surface area contributed by atoms with Crippen LogP contribution in [0.2, 0.25) is 0 Å². The summed E-state index contributed by atoms with van der Waals surface area (Å²) in [6.45, 7) is 7.14. The third kappa shape index (κ3) is 5.70. The maximum absolute atomic E-state index is 13.0. The van der Waals surface area contributed by atoms with Gasteiger partial charge in [-0.15, -0.1) is 10.2 Å². The summed E-state index contributed by atoms with van der Waals surface area (Å²) in [7, 11) is 1.63. The van der Waals surface area contributed by atoms with Crippen LogP contribution in [0, 0.1) is 6.92 Å². The van der Waals surface area contributed by atoms with Gasteiger partial charge >= 0.3 is 6.03 Å². The molecule has 198 valence electrons. The van der Waals surface area contributed by atoms with Gasteiger partial charge < -0.3 is 19.3 Å². The van der Waals surface area contributed by atoms with Crippen LogP contribution in [0.15, 0.2) is 48.8 Å². The van der Waals surface area contributed by atoms with E-state index in [9.17, 15) is 4.79 Å². The first-order valence-electron chi connectivity index (χ1n) is 12.5. The number of amides is 2. The Morgan fingerprint density at radius 1 is 1.08 bits per heavy atom. The largest absolute Gasteiger partial charge is 0.497 e. The van der Waals surface area contributed by atoms with Gasteiger partial charge in [-0.05, 0) is 56.7 Å². The molecule has 1 aliphatic rings. The molecule has 1 fully saturated rings. The van der Waals surface area contributed by atoms with E-state index in [2.05, 4.69) is 36.6 Å². The van der Waals surface area contributed by atoms with Gasteiger partial charge in [0.15, 0.2) is 0 Å². The number of nitrogens with one attached hydrogen (secondary N) is 1. The third-order valence-electron chi connectivity index (χ3n) is 6.22. The molecule has 5 rings (SSSR count). The summed E-state index contributed by atoms with van der Waals surface area (Å²) in [6, 6.07) is 13.5. The highest BCUT2D eigenvalue weighted by Gasteiger charge is 2.22. The molecule has 12 heteroatoms. The van der Waals surface area contributed by atoms with Crippen molar-refractivity contribution >= 4 is 28.2 Å². The Morgan fingerprint density at radius 2 is 1.92 bits per heavy atom. The molecule has 4 aromatic rings. The van der Waals surface area contributed by atoms with E-state index in [1.165, 1.54) is 11.3 Å². The highest BCUT2D eigenvalue weighted by Crippen LogP contribution is 2.30. The second-order valence-corrected chi connectivity index (χ2v) is 9.70. The van der Waals surface area contributed by atoms with Crippen molar-refractivity contribution in [1.29, 1.82) is 0 Å². The minimum atomic E-state index is -0.170. The van der Waals surface area contributed by atoms with E-state index in [0.717, 1.165) is 46.4 Å². The van der Waals surface area contributed by atoms with E-state index in [0.29, 0.717) is 37.2 Å². The molecule has 0 radical (unpaired) electrons. The summed E-state index contributed by atoms with van der Waals surface area (Å²) >= 11 is 1.34. The molecule has 38 heavy (non-hydrogen) atoms. The van der Waals surface area contributed by atoms with Gasteiger partial charge in [0.25, 0.3) is 0 Å². The number of anilines is 2. The number of aryl methyl sites for hydroxylation is 1. The van der Waals surface area contributed by atoms with Gasteiger partial charge in [-0.3, -0.25) is 5.32 Å². The lowest BCUT2D eigenvalue weighted by molar-refractivity contribution is 0.215. The molecule has 0 aliphatic carbocycles. The van der Waals surface area contributed by atoms with Crippen molar-refractivity contribution in [2.75, 3.05) is 50.1 Å². The van der Waals surface area contributed by atoms with Gasteiger partial charge in [-0.1, -0.05) is 11.3 Å². The van der Waals surface area contributed by atoms with E-state index in [-0.39, 0.29) is 6.03 Å². The van der Waals surface area contributed by atoms with Gasteiger partial charge in [0.05, 0.1) is 13.7 Å². The summed E-state index contributed by atoms with van der Waals surface area (Å²) in [6.07, 6.45) is 2.53. The molecule has 3 heterocycles. The quantitative estimate of drug-likeness (QED) is 0.375. The van der Waals surface area contributed by atoms with Crippen LogP contribution in [-0.2, 0) is 0 Å². The highest BCUT2D eigenvalue weighted by atomic mass is 32.1. The van der Waals surface area contributed by atoms with Crippen molar-refractivity contribution in [1.82, 2.24) is 29.9 Å². The van der Waals surface area contributed by atoms with Crippen molar-refractivity contribution in [2.24, 2.45) is 0 Å². The summed E-state index contributed by atoms with van der Waals surface area (Å²) in [4.78, 5) is 21.3. The molecule has 2 aromatic carbocycles. The number of urea groups is 1. The Balaban J connectivity index is 1.22. The van der Waals surface area contributed by atoms with Gasteiger partial charge in [0, 0.05) is 43.5 Å². The molecule has 0 unspecified atom stereocenters. The summed E-state index contributed by atoms with van der Waals surface area (Å²) in [5.74, 6) is 2.22. The Kier molecular flexibility index (Phi) is 7.68. The lowest BCUT2D eigenvalue weighted by Crippen LogP contribution is -2.38. The minimum Gasteiger partial charge on any atom is -0.497 e. The van der Waals surface area contributed by atoms with Gasteiger partial charge in [-0.2, -0.15) is 5.10 Å². The van der Waals surface area contributed by atoms with E-state index in [1.807, 2.05) is 55.1 Å². The minimum absolute atomic E-state index is 0.170. The first-order valence-corrected chi connectivity index (χ1v) is 13.3. The topological polar surface area (TPSA) is 111 Å². The number of aromatic nitrogens is 5. The maximum atomic E-state index is 13.0. The fourth-order valence-electron chi connectivity index (χ4n) is 4.30. The number of ether oxygens (including phenoxy) is 2. The third-order valence-corrected chi connectivity index (χ3v) is 7.11. The Morgan fingerprint density at radius 3 is 2.66 bits per heavy atom. The van der Waals surface area contributed by atoms with Crippen LogP contribution >= 0.6 is 11.3 Å². The fourth-order valence-corrected chi connectivity index (χ4v) is 5.03. The van der Waals surface area contributed by atoms with Gasteiger partial charge in [-0.25, -0.2) is 14.5 Å². The smallest absolute Gasteiger partial charge is 0.323 e. The van der Waals surface area contributed by atoms with Crippen LogP contribution in [0.1, 0.15) is 19.2 Å². The molecule has 0 saturated carbocycles. The normalized spacial score (nSPS) is 13.8. The van der Waals surface area contributed by atoms with E-state index in [1.54, 1.807) is 18.1 Å². The number of hydrogen-bond acceptors (Lipinski definition) is 9. The molecule has 11 nitrogen and oxygen atoms in total. The van der Waals surface area contributed by atoms with Crippen LogP contribution in [0.25, 0.3) is 16.3 Å². The maximum Gasteiger partial charge on any atom is 0.323 e. The average Bonchev–Trinajstić information content (AvgIpc) is 3.50. The summed E-state index contributed by atoms with van der Waals surface area (Å²) in [5, 5.41) is 16.9. The molecule has 0 bridgehead atoms. The number of nitrogens with zero attached hydrogens (tertiary/aromatic N) is 7. The first kappa shape index (κ1) is 25.5. The molecule has 2 amide bonds. The molecule has 0 spiro atoms. The van der Waals surface area contributed by atoms with Crippen LogP contribution in [0.4, 0.5) is 15.6 Å². The number of carbonyl (C=O) groups is 1.